The van der Waals surface area contributed by atoms with Crippen LogP contribution < -0.4 is 0 Å². The van der Waals surface area contributed by atoms with E-state index in [2.05, 4.69) is 15.0 Å². The molecule has 0 atom stereocenters. The van der Waals surface area contributed by atoms with Crippen molar-refractivity contribution in [3.05, 3.63) is 42.7 Å². The van der Waals surface area contributed by atoms with E-state index in [1.165, 1.54) is 6.20 Å². The molecule has 0 radical (unpaired) electrons. The fourth-order valence-electron chi connectivity index (χ4n) is 1.73. The molecule has 0 saturated heterocycles. The van der Waals surface area contributed by atoms with Gasteiger partial charge >= 0.3 is 0 Å². The molecular weight excluding hydrogens is 219 g/mol. The number of aryl methyl sites for hydroxylation is 1. The lowest BCUT2D eigenvalue weighted by atomic mass is 10.2. The van der Waals surface area contributed by atoms with Crippen molar-refractivity contribution in [2.75, 3.05) is 0 Å². The predicted octanol–water partition coefficient (Wildman–Crippen LogP) is 2.17. The first-order valence-corrected chi connectivity index (χ1v) is 5.14. The Morgan fingerprint density at radius 2 is 2.12 bits per heavy atom. The van der Waals surface area contributed by atoms with Crippen LogP contribution in [0.25, 0.3) is 22.4 Å². The van der Waals surface area contributed by atoms with Crippen molar-refractivity contribution < 1.29 is 4.39 Å². The maximum atomic E-state index is 13.5. The van der Waals surface area contributed by atoms with E-state index >= 15 is 0 Å². The second-order valence-electron chi connectivity index (χ2n) is 3.73. The molecule has 84 valence electrons. The molecule has 0 unspecified atom stereocenters. The van der Waals surface area contributed by atoms with Gasteiger partial charge in [0.2, 0.25) is 5.95 Å². The average Bonchev–Trinajstić information content (AvgIpc) is 2.71. The average molecular weight is 228 g/mol. The summed E-state index contributed by atoms with van der Waals surface area (Å²) in [5.74, 6) is -0.532. The first-order chi connectivity index (χ1) is 8.25. The van der Waals surface area contributed by atoms with Crippen LogP contribution in [0.4, 0.5) is 4.39 Å². The van der Waals surface area contributed by atoms with E-state index in [9.17, 15) is 4.39 Å². The van der Waals surface area contributed by atoms with Crippen LogP contribution in [0.1, 0.15) is 0 Å². The van der Waals surface area contributed by atoms with Gasteiger partial charge in [-0.25, -0.2) is 9.97 Å². The van der Waals surface area contributed by atoms with E-state index < -0.39 is 5.95 Å². The van der Waals surface area contributed by atoms with Gasteiger partial charge in [0.25, 0.3) is 0 Å². The SMILES string of the molecule is Cn1ccc2ncc(-c3cccnc3F)nc21. The highest BCUT2D eigenvalue weighted by Gasteiger charge is 2.09. The quantitative estimate of drug-likeness (QED) is 0.599. The van der Waals surface area contributed by atoms with Crippen LogP contribution in [0.2, 0.25) is 0 Å². The first-order valence-electron chi connectivity index (χ1n) is 5.14. The molecule has 3 heterocycles. The van der Waals surface area contributed by atoms with Crippen LogP contribution in [-0.4, -0.2) is 19.5 Å². The molecule has 3 rings (SSSR count). The lowest BCUT2D eigenvalue weighted by Crippen LogP contribution is -1.95. The molecule has 0 amide bonds. The van der Waals surface area contributed by atoms with Gasteiger partial charge in [0.15, 0.2) is 5.65 Å². The summed E-state index contributed by atoms with van der Waals surface area (Å²) >= 11 is 0. The normalized spacial score (nSPS) is 10.9. The molecule has 17 heavy (non-hydrogen) atoms. The molecule has 5 heteroatoms. The highest BCUT2D eigenvalue weighted by molar-refractivity contribution is 5.74. The van der Waals surface area contributed by atoms with E-state index in [-0.39, 0.29) is 0 Å². The molecule has 0 spiro atoms. The maximum absolute atomic E-state index is 13.5. The van der Waals surface area contributed by atoms with Crippen molar-refractivity contribution in [2.24, 2.45) is 7.05 Å². The molecule has 0 saturated carbocycles. The number of pyridine rings is 1. The molecule has 0 aliphatic carbocycles. The minimum atomic E-state index is -0.532. The summed E-state index contributed by atoms with van der Waals surface area (Å²) in [6, 6.07) is 5.18. The fraction of sp³-hybridized carbons (Fsp3) is 0.0833. The Labute approximate surface area is 96.8 Å². The maximum Gasteiger partial charge on any atom is 0.222 e. The zero-order valence-electron chi connectivity index (χ0n) is 9.13. The lowest BCUT2D eigenvalue weighted by molar-refractivity contribution is 0.587. The molecule has 0 bridgehead atoms. The monoisotopic (exact) mass is 228 g/mol. The molecule has 0 aromatic carbocycles. The number of aromatic nitrogens is 4. The summed E-state index contributed by atoms with van der Waals surface area (Å²) in [6.45, 7) is 0. The van der Waals surface area contributed by atoms with Crippen molar-refractivity contribution in [1.82, 2.24) is 19.5 Å². The van der Waals surface area contributed by atoms with Crippen molar-refractivity contribution in [3.63, 3.8) is 0 Å². The predicted molar refractivity (Wildman–Crippen MR) is 61.7 cm³/mol. The molecule has 3 aromatic rings. The van der Waals surface area contributed by atoms with Crippen molar-refractivity contribution in [2.45, 2.75) is 0 Å². The summed E-state index contributed by atoms with van der Waals surface area (Å²) in [5.41, 5.74) is 2.37. The van der Waals surface area contributed by atoms with E-state index in [0.29, 0.717) is 11.3 Å². The molecule has 4 nitrogen and oxygen atoms in total. The lowest BCUT2D eigenvalue weighted by Gasteiger charge is -2.02. The Kier molecular flexibility index (Phi) is 2.11. The van der Waals surface area contributed by atoms with Gasteiger partial charge in [-0.1, -0.05) is 0 Å². The number of halogens is 1. The topological polar surface area (TPSA) is 43.6 Å². The highest BCUT2D eigenvalue weighted by Crippen LogP contribution is 2.20. The number of rotatable bonds is 1. The summed E-state index contributed by atoms with van der Waals surface area (Å²) in [5, 5.41) is 0. The van der Waals surface area contributed by atoms with Crippen LogP contribution in [0.15, 0.2) is 36.8 Å². The minimum absolute atomic E-state index is 0.364. The summed E-state index contributed by atoms with van der Waals surface area (Å²) in [7, 11) is 1.88. The first kappa shape index (κ1) is 9.89. The van der Waals surface area contributed by atoms with E-state index in [1.54, 1.807) is 18.3 Å². The number of hydrogen-bond acceptors (Lipinski definition) is 3. The summed E-state index contributed by atoms with van der Waals surface area (Å²) in [6.07, 6.45) is 4.84. The second-order valence-corrected chi connectivity index (χ2v) is 3.73. The second kappa shape index (κ2) is 3.62. The third kappa shape index (κ3) is 1.56. The molecular formula is C12H9FN4. The van der Waals surface area contributed by atoms with Crippen LogP contribution in [-0.2, 0) is 7.05 Å². The number of nitrogens with zero attached hydrogens (tertiary/aromatic N) is 4. The van der Waals surface area contributed by atoms with E-state index in [0.717, 1.165) is 11.2 Å². The molecule has 0 aliphatic rings. The van der Waals surface area contributed by atoms with Crippen molar-refractivity contribution >= 4 is 11.2 Å². The number of fused-ring (bicyclic) bond motifs is 1. The van der Waals surface area contributed by atoms with Gasteiger partial charge in [-0.2, -0.15) is 4.39 Å². The Morgan fingerprint density at radius 1 is 1.24 bits per heavy atom. The van der Waals surface area contributed by atoms with Gasteiger partial charge < -0.3 is 4.57 Å². The van der Waals surface area contributed by atoms with Gasteiger partial charge in [0.05, 0.1) is 17.5 Å². The molecule has 0 aliphatic heterocycles. The smallest absolute Gasteiger partial charge is 0.222 e. The van der Waals surface area contributed by atoms with Crippen LogP contribution in [0, 0.1) is 5.95 Å². The minimum Gasteiger partial charge on any atom is -0.334 e. The largest absolute Gasteiger partial charge is 0.334 e. The number of hydrogen-bond donors (Lipinski definition) is 0. The van der Waals surface area contributed by atoms with Gasteiger partial charge in [0, 0.05) is 19.4 Å². The third-order valence-electron chi connectivity index (χ3n) is 2.61. The Morgan fingerprint density at radius 3 is 2.94 bits per heavy atom. The van der Waals surface area contributed by atoms with E-state index in [4.69, 9.17) is 0 Å². The standard InChI is InChI=1S/C12H9FN4/c1-17-6-4-9-12(17)16-10(7-15-9)8-3-2-5-14-11(8)13/h2-7H,1H3. The highest BCUT2D eigenvalue weighted by atomic mass is 19.1. The zero-order valence-corrected chi connectivity index (χ0v) is 9.13. The molecule has 0 N–H and O–H groups in total. The van der Waals surface area contributed by atoms with Crippen LogP contribution in [0.3, 0.4) is 0 Å². The Hall–Kier alpha value is -2.30. The summed E-state index contributed by atoms with van der Waals surface area (Å²) in [4.78, 5) is 12.2. The van der Waals surface area contributed by atoms with Gasteiger partial charge in [-0.3, -0.25) is 4.98 Å². The summed E-state index contributed by atoms with van der Waals surface area (Å²) < 4.78 is 15.4. The fourth-order valence-corrected chi connectivity index (χ4v) is 1.73. The van der Waals surface area contributed by atoms with Crippen LogP contribution >= 0.6 is 0 Å². The van der Waals surface area contributed by atoms with Crippen LogP contribution in [0.5, 0.6) is 0 Å². The van der Waals surface area contributed by atoms with Gasteiger partial charge in [-0.15, -0.1) is 0 Å². The Balaban J connectivity index is 2.24. The van der Waals surface area contributed by atoms with Crippen molar-refractivity contribution in [3.8, 4) is 11.3 Å². The van der Waals surface area contributed by atoms with Crippen molar-refractivity contribution in [1.29, 1.82) is 0 Å². The molecule has 0 fully saturated rings. The molecule has 3 aromatic heterocycles. The zero-order chi connectivity index (χ0) is 11.8. The Bertz CT molecular complexity index is 690. The van der Waals surface area contributed by atoms with E-state index in [1.807, 2.05) is 23.9 Å². The van der Waals surface area contributed by atoms with Gasteiger partial charge in [-0.05, 0) is 18.2 Å². The van der Waals surface area contributed by atoms with Gasteiger partial charge in [0.1, 0.15) is 5.52 Å². The third-order valence-corrected chi connectivity index (χ3v) is 2.61.